The van der Waals surface area contributed by atoms with Crippen LogP contribution in [0.15, 0.2) is 11.6 Å². The lowest BCUT2D eigenvalue weighted by Gasteiger charge is -1.99. The van der Waals surface area contributed by atoms with Gasteiger partial charge < -0.3 is 5.32 Å². The van der Waals surface area contributed by atoms with Crippen LogP contribution in [0.1, 0.15) is 5.56 Å². The molecule has 2 rings (SSSR count). The number of hydrogen-bond donors (Lipinski definition) is 1. The second-order valence-electron chi connectivity index (χ2n) is 2.49. The first-order valence-corrected chi connectivity index (χ1v) is 6.07. The number of nitrogens with zero attached hydrogens (tertiary/aromatic N) is 2. The third-order valence-electron chi connectivity index (χ3n) is 1.58. The monoisotopic (exact) mass is 265 g/mol. The van der Waals surface area contributed by atoms with E-state index >= 15 is 0 Å². The summed E-state index contributed by atoms with van der Waals surface area (Å²) < 4.78 is 8.51. The molecule has 74 valence electrons. The van der Waals surface area contributed by atoms with Crippen LogP contribution in [-0.2, 0) is 6.54 Å². The van der Waals surface area contributed by atoms with E-state index < -0.39 is 0 Å². The van der Waals surface area contributed by atoms with E-state index in [0.29, 0.717) is 15.9 Å². The van der Waals surface area contributed by atoms with Crippen molar-refractivity contribution in [2.75, 3.05) is 5.32 Å². The van der Waals surface area contributed by atoms with E-state index in [-0.39, 0.29) is 0 Å². The Morgan fingerprint density at radius 3 is 2.86 bits per heavy atom. The molecule has 0 atom stereocenters. The van der Waals surface area contributed by atoms with Crippen LogP contribution in [0.5, 0.6) is 0 Å². The molecule has 0 aliphatic heterocycles. The van der Waals surface area contributed by atoms with Crippen LogP contribution in [0.2, 0.25) is 9.36 Å². The molecule has 0 amide bonds. The molecule has 0 bridgehead atoms. The minimum Gasteiger partial charge on any atom is -0.364 e. The van der Waals surface area contributed by atoms with E-state index in [9.17, 15) is 0 Å². The Labute approximate surface area is 99.0 Å². The van der Waals surface area contributed by atoms with Crippen LogP contribution in [-0.4, -0.2) is 8.75 Å². The van der Waals surface area contributed by atoms with Gasteiger partial charge in [-0.1, -0.05) is 23.2 Å². The summed E-state index contributed by atoms with van der Waals surface area (Å²) in [5, 5.41) is 5.64. The Balaban J connectivity index is 2.02. The largest absolute Gasteiger partial charge is 0.364 e. The van der Waals surface area contributed by atoms with Gasteiger partial charge in [0.05, 0.1) is 22.9 Å². The maximum Gasteiger partial charge on any atom is 0.160 e. The van der Waals surface area contributed by atoms with Crippen molar-refractivity contribution in [3.8, 4) is 0 Å². The second kappa shape index (κ2) is 4.44. The van der Waals surface area contributed by atoms with Gasteiger partial charge >= 0.3 is 0 Å². The molecule has 3 nitrogen and oxygen atoms in total. The smallest absolute Gasteiger partial charge is 0.160 e. The molecule has 0 spiro atoms. The second-order valence-corrected chi connectivity index (χ2v) is 4.91. The molecule has 1 N–H and O–H groups in total. The summed E-state index contributed by atoms with van der Waals surface area (Å²) in [7, 11) is 0. The molecule has 0 radical (unpaired) electrons. The summed E-state index contributed by atoms with van der Waals surface area (Å²) >= 11 is 14.4. The summed E-state index contributed by atoms with van der Waals surface area (Å²) in [6, 6.07) is 0. The van der Waals surface area contributed by atoms with Crippen molar-refractivity contribution >= 4 is 52.1 Å². The predicted molar refractivity (Wildman–Crippen MR) is 61.6 cm³/mol. The zero-order valence-corrected chi connectivity index (χ0v) is 9.97. The van der Waals surface area contributed by atoms with Gasteiger partial charge in [0.15, 0.2) is 5.82 Å². The molecule has 0 unspecified atom stereocenters. The van der Waals surface area contributed by atoms with E-state index in [1.54, 1.807) is 6.20 Å². The molecule has 2 aromatic rings. The van der Waals surface area contributed by atoms with Crippen LogP contribution in [0.4, 0.5) is 5.82 Å². The zero-order chi connectivity index (χ0) is 9.97. The summed E-state index contributed by atoms with van der Waals surface area (Å²) in [5.41, 5.74) is 0.981. The van der Waals surface area contributed by atoms with Gasteiger partial charge in [-0.3, -0.25) is 0 Å². The Morgan fingerprint density at radius 2 is 2.29 bits per heavy atom. The molecule has 0 aliphatic carbocycles. The van der Waals surface area contributed by atoms with Gasteiger partial charge in [0.2, 0.25) is 0 Å². The molecule has 0 fully saturated rings. The molecule has 7 heteroatoms. The Hall–Kier alpha value is -0.360. The summed E-state index contributed by atoms with van der Waals surface area (Å²) in [5.74, 6) is 0.758. The summed E-state index contributed by atoms with van der Waals surface area (Å²) in [6.07, 6.45) is 1.67. The van der Waals surface area contributed by atoms with Crippen molar-refractivity contribution in [3.63, 3.8) is 0 Å². The van der Waals surface area contributed by atoms with E-state index in [0.717, 1.165) is 11.4 Å². The van der Waals surface area contributed by atoms with Crippen LogP contribution in [0.25, 0.3) is 0 Å². The van der Waals surface area contributed by atoms with Crippen LogP contribution in [0.3, 0.4) is 0 Å². The van der Waals surface area contributed by atoms with Gasteiger partial charge in [-0.2, -0.15) is 8.75 Å². The van der Waals surface area contributed by atoms with Crippen LogP contribution < -0.4 is 5.32 Å². The first-order valence-electron chi connectivity index (χ1n) is 3.70. The van der Waals surface area contributed by atoms with Crippen molar-refractivity contribution in [3.05, 3.63) is 26.5 Å². The van der Waals surface area contributed by atoms with Crippen LogP contribution in [0, 0.1) is 0 Å². The fraction of sp³-hybridized carbons (Fsp3) is 0.143. The highest BCUT2D eigenvalue weighted by Crippen LogP contribution is 2.32. The van der Waals surface area contributed by atoms with Gasteiger partial charge in [-0.25, -0.2) is 0 Å². The van der Waals surface area contributed by atoms with Crippen molar-refractivity contribution < 1.29 is 0 Å². The molecule has 2 heterocycles. The number of aromatic nitrogens is 2. The quantitative estimate of drug-likeness (QED) is 0.923. The van der Waals surface area contributed by atoms with Crippen molar-refractivity contribution in [2.45, 2.75) is 6.54 Å². The van der Waals surface area contributed by atoms with Gasteiger partial charge in [-0.05, 0) is 5.38 Å². The fourth-order valence-electron chi connectivity index (χ4n) is 0.900. The van der Waals surface area contributed by atoms with Crippen LogP contribution >= 0.6 is 46.3 Å². The topological polar surface area (TPSA) is 37.8 Å². The zero-order valence-electron chi connectivity index (χ0n) is 6.83. The lowest BCUT2D eigenvalue weighted by molar-refractivity contribution is 1.14. The first-order chi connectivity index (χ1) is 6.77. The molecular formula is C7H5Cl2N3S2. The standard InChI is InChI=1S/C7H5Cl2N3S2/c8-6-4(3-13-7(6)9)1-10-5-2-11-14-12-5/h2-3H,1H2,(H,10,12). The van der Waals surface area contributed by atoms with Gasteiger partial charge in [0.25, 0.3) is 0 Å². The molecular weight excluding hydrogens is 261 g/mol. The minimum absolute atomic E-state index is 0.618. The number of anilines is 1. The average Bonchev–Trinajstić information content (AvgIpc) is 2.77. The van der Waals surface area contributed by atoms with Gasteiger partial charge in [0, 0.05) is 12.1 Å². The normalized spacial score (nSPS) is 10.4. The highest BCUT2D eigenvalue weighted by atomic mass is 35.5. The van der Waals surface area contributed by atoms with Gasteiger partial charge in [-0.15, -0.1) is 11.3 Å². The Kier molecular flexibility index (Phi) is 3.22. The van der Waals surface area contributed by atoms with Crippen molar-refractivity contribution in [2.24, 2.45) is 0 Å². The maximum absolute atomic E-state index is 5.95. The molecule has 14 heavy (non-hydrogen) atoms. The van der Waals surface area contributed by atoms with E-state index in [4.69, 9.17) is 23.2 Å². The van der Waals surface area contributed by atoms with Gasteiger partial charge in [0.1, 0.15) is 4.34 Å². The lowest BCUT2D eigenvalue weighted by atomic mass is 10.3. The van der Waals surface area contributed by atoms with Crippen molar-refractivity contribution in [1.29, 1.82) is 0 Å². The highest BCUT2D eigenvalue weighted by Gasteiger charge is 2.07. The number of halogens is 2. The summed E-state index contributed by atoms with van der Waals surface area (Å²) in [6.45, 7) is 0.619. The molecule has 0 saturated heterocycles. The molecule has 0 aromatic carbocycles. The lowest BCUT2D eigenvalue weighted by Crippen LogP contribution is -1.98. The predicted octanol–water partition coefficient (Wildman–Crippen LogP) is 3.52. The first kappa shape index (κ1) is 10.2. The third-order valence-corrected chi connectivity index (χ3v) is 3.97. The van der Waals surface area contributed by atoms with E-state index in [1.165, 1.54) is 23.1 Å². The fourth-order valence-corrected chi connectivity index (χ4v) is 2.55. The average molecular weight is 266 g/mol. The number of rotatable bonds is 3. The highest BCUT2D eigenvalue weighted by molar-refractivity contribution is 7.15. The summed E-state index contributed by atoms with van der Waals surface area (Å²) in [4.78, 5) is 0. The number of thiophene rings is 1. The van der Waals surface area contributed by atoms with Crippen molar-refractivity contribution in [1.82, 2.24) is 8.75 Å². The maximum atomic E-state index is 5.95. The SMILES string of the molecule is Clc1scc(CNc2cnsn2)c1Cl. The third kappa shape index (κ3) is 2.17. The Bertz CT molecular complexity index is 412. The minimum atomic E-state index is 0.618. The Morgan fingerprint density at radius 1 is 1.43 bits per heavy atom. The van der Waals surface area contributed by atoms with E-state index in [2.05, 4.69) is 14.1 Å². The molecule has 0 aliphatic rings. The molecule has 0 saturated carbocycles. The number of nitrogens with one attached hydrogen (secondary N) is 1. The molecule has 2 aromatic heterocycles. The van der Waals surface area contributed by atoms with E-state index in [1.807, 2.05) is 5.38 Å². The number of hydrogen-bond acceptors (Lipinski definition) is 5.